The van der Waals surface area contributed by atoms with Crippen molar-refractivity contribution in [1.29, 1.82) is 0 Å². The van der Waals surface area contributed by atoms with Crippen molar-refractivity contribution in [2.75, 3.05) is 0 Å². The van der Waals surface area contributed by atoms with Gasteiger partial charge in [-0.15, -0.1) is 0 Å². The Bertz CT molecular complexity index is 1050. The minimum Gasteiger partial charge on any atom is -0.423 e. The van der Waals surface area contributed by atoms with Crippen LogP contribution in [0.1, 0.15) is 37.0 Å². The number of benzene rings is 2. The highest BCUT2D eigenvalue weighted by molar-refractivity contribution is 6.62. The number of hydrogen-bond acceptors (Lipinski definition) is 4. The Labute approximate surface area is 173 Å². The van der Waals surface area contributed by atoms with E-state index in [9.17, 15) is 27.0 Å². The van der Waals surface area contributed by atoms with Gasteiger partial charge in [-0.25, -0.2) is 8.78 Å². The Morgan fingerprint density at radius 1 is 1.13 bits per heavy atom. The minimum absolute atomic E-state index is 0.0666. The fourth-order valence-corrected chi connectivity index (χ4v) is 3.83. The van der Waals surface area contributed by atoms with Crippen LogP contribution in [0.15, 0.2) is 35.5 Å². The lowest BCUT2D eigenvalue weighted by molar-refractivity contribution is -0.276. The fraction of sp³-hybridized carbons (Fsp3) is 0.316. The van der Waals surface area contributed by atoms with E-state index in [2.05, 4.69) is 5.16 Å². The average molecular weight is 446 g/mol. The van der Waals surface area contributed by atoms with Crippen LogP contribution in [-0.2, 0) is 20.7 Å². The summed E-state index contributed by atoms with van der Waals surface area (Å²) in [5.41, 5.74) is -3.40. The van der Waals surface area contributed by atoms with E-state index in [0.29, 0.717) is 28.7 Å². The molecule has 4 nitrogen and oxygen atoms in total. The first-order chi connectivity index (χ1) is 13.9. The molecule has 2 aromatic carbocycles. The van der Waals surface area contributed by atoms with Gasteiger partial charge >= 0.3 is 13.3 Å². The van der Waals surface area contributed by atoms with Gasteiger partial charge in [0.15, 0.2) is 0 Å². The van der Waals surface area contributed by atoms with Crippen LogP contribution >= 0.6 is 11.6 Å². The molecule has 0 saturated carbocycles. The zero-order chi connectivity index (χ0) is 22.1. The van der Waals surface area contributed by atoms with Crippen molar-refractivity contribution >= 4 is 29.9 Å². The number of nitrogens with zero attached hydrogens (tertiary/aromatic N) is 1. The van der Waals surface area contributed by atoms with Crippen molar-refractivity contribution in [1.82, 2.24) is 0 Å². The largest absolute Gasteiger partial charge is 0.492 e. The molecule has 0 amide bonds. The molecule has 11 heteroatoms. The molecule has 0 radical (unpaired) electrons. The van der Waals surface area contributed by atoms with Crippen molar-refractivity contribution < 1.29 is 36.5 Å². The second kappa shape index (κ2) is 6.67. The summed E-state index contributed by atoms with van der Waals surface area (Å²) in [5.74, 6) is -2.67. The van der Waals surface area contributed by atoms with Gasteiger partial charge in [0.1, 0.15) is 16.7 Å². The summed E-state index contributed by atoms with van der Waals surface area (Å²) in [7, 11) is -1.15. The van der Waals surface area contributed by atoms with Crippen molar-refractivity contribution in [3.8, 4) is 0 Å². The molecule has 4 rings (SSSR count). The maximum Gasteiger partial charge on any atom is 0.492 e. The zero-order valence-corrected chi connectivity index (χ0v) is 16.4. The predicted molar refractivity (Wildman–Crippen MR) is 99.5 cm³/mol. The summed E-state index contributed by atoms with van der Waals surface area (Å²) in [6, 6.07) is 5.55. The lowest BCUT2D eigenvalue weighted by Gasteiger charge is -2.29. The monoisotopic (exact) mass is 445 g/mol. The smallest absolute Gasteiger partial charge is 0.423 e. The normalized spacial score (nSPS) is 22.7. The van der Waals surface area contributed by atoms with Gasteiger partial charge in [-0.1, -0.05) is 28.9 Å². The Morgan fingerprint density at radius 3 is 2.37 bits per heavy atom. The maximum atomic E-state index is 14.0. The van der Waals surface area contributed by atoms with E-state index < -0.39 is 53.1 Å². The van der Waals surface area contributed by atoms with E-state index in [1.54, 1.807) is 19.9 Å². The molecule has 0 bridgehead atoms. The highest BCUT2D eigenvalue weighted by Gasteiger charge is 2.62. The Kier molecular flexibility index (Phi) is 4.68. The number of rotatable bonds is 2. The first-order valence-electron chi connectivity index (χ1n) is 8.83. The third kappa shape index (κ3) is 3.09. The molecule has 2 aromatic rings. The number of hydrogen-bond donors (Lipinski definition) is 1. The van der Waals surface area contributed by atoms with Crippen LogP contribution in [0.4, 0.5) is 22.0 Å². The van der Waals surface area contributed by atoms with Crippen LogP contribution < -0.4 is 5.46 Å². The van der Waals surface area contributed by atoms with Crippen LogP contribution in [0, 0.1) is 11.6 Å². The molecule has 1 atom stereocenters. The molecule has 158 valence electrons. The van der Waals surface area contributed by atoms with Gasteiger partial charge in [-0.05, 0) is 48.6 Å². The molecule has 2 aliphatic heterocycles. The number of halogens is 6. The first-order valence-corrected chi connectivity index (χ1v) is 9.21. The molecular weight excluding hydrogens is 431 g/mol. The topological polar surface area (TPSA) is 51.0 Å². The van der Waals surface area contributed by atoms with Crippen LogP contribution in [0.25, 0.3) is 0 Å². The molecule has 30 heavy (non-hydrogen) atoms. The van der Waals surface area contributed by atoms with Crippen molar-refractivity contribution in [3.63, 3.8) is 0 Å². The molecule has 0 fully saturated rings. The van der Waals surface area contributed by atoms with E-state index in [1.165, 1.54) is 12.1 Å². The quantitative estimate of drug-likeness (QED) is 0.429. The lowest BCUT2D eigenvalue weighted by atomic mass is 9.77. The van der Waals surface area contributed by atoms with Crippen molar-refractivity contribution in [3.05, 3.63) is 63.7 Å². The first kappa shape index (κ1) is 21.1. The van der Waals surface area contributed by atoms with Gasteiger partial charge in [0.2, 0.25) is 0 Å². The SMILES string of the molecule is CC1(C)OB(O)c2ccc(C3=NOC(c4cc(F)c(Cl)c(F)c4)(C(F)(F)F)C3)cc21. The molecule has 1 unspecified atom stereocenters. The number of fused-ring (bicyclic) bond motifs is 1. The molecule has 2 aliphatic rings. The van der Waals surface area contributed by atoms with E-state index >= 15 is 0 Å². The van der Waals surface area contributed by atoms with Gasteiger partial charge in [-0.2, -0.15) is 13.2 Å². The summed E-state index contributed by atoms with van der Waals surface area (Å²) < 4.78 is 75.3. The molecule has 0 aliphatic carbocycles. The summed E-state index contributed by atoms with van der Waals surface area (Å²) in [4.78, 5) is 4.81. The molecular formula is C19H14BClF5NO3. The van der Waals surface area contributed by atoms with E-state index in [-0.39, 0.29) is 5.71 Å². The van der Waals surface area contributed by atoms with Crippen LogP contribution in [0.5, 0.6) is 0 Å². The van der Waals surface area contributed by atoms with Crippen molar-refractivity contribution in [2.45, 2.75) is 37.6 Å². The molecule has 0 spiro atoms. The molecule has 0 saturated heterocycles. The Morgan fingerprint density at radius 2 is 1.77 bits per heavy atom. The van der Waals surface area contributed by atoms with Gasteiger partial charge in [0.25, 0.3) is 5.60 Å². The highest BCUT2D eigenvalue weighted by Crippen LogP contribution is 2.49. The van der Waals surface area contributed by atoms with Gasteiger partial charge < -0.3 is 14.5 Å². The fourth-order valence-electron chi connectivity index (χ4n) is 3.73. The van der Waals surface area contributed by atoms with Crippen molar-refractivity contribution in [2.24, 2.45) is 5.16 Å². The van der Waals surface area contributed by atoms with Crippen LogP contribution in [0.3, 0.4) is 0 Å². The Balaban J connectivity index is 1.76. The number of oxime groups is 1. The molecule has 1 N–H and O–H groups in total. The lowest BCUT2D eigenvalue weighted by Crippen LogP contribution is -2.43. The highest BCUT2D eigenvalue weighted by atomic mass is 35.5. The predicted octanol–water partition coefficient (Wildman–Crippen LogP) is 4.15. The average Bonchev–Trinajstić information content (AvgIpc) is 3.20. The summed E-state index contributed by atoms with van der Waals surface area (Å²) in [6.07, 6.45) is -5.83. The summed E-state index contributed by atoms with van der Waals surface area (Å²) in [5, 5.41) is 12.7. The van der Waals surface area contributed by atoms with Gasteiger partial charge in [0, 0.05) is 12.0 Å². The van der Waals surface area contributed by atoms with Crippen LogP contribution in [-0.4, -0.2) is 24.0 Å². The van der Waals surface area contributed by atoms with Gasteiger partial charge in [-0.3, -0.25) is 0 Å². The van der Waals surface area contributed by atoms with E-state index in [0.717, 1.165) is 0 Å². The Hall–Kier alpha value is -2.17. The minimum atomic E-state index is -5.03. The van der Waals surface area contributed by atoms with Crippen LogP contribution in [0.2, 0.25) is 5.02 Å². The number of alkyl halides is 3. The summed E-state index contributed by atoms with van der Waals surface area (Å²) in [6.45, 7) is 3.41. The summed E-state index contributed by atoms with van der Waals surface area (Å²) >= 11 is 5.40. The van der Waals surface area contributed by atoms with Gasteiger partial charge in [0.05, 0.1) is 11.3 Å². The van der Waals surface area contributed by atoms with E-state index in [4.69, 9.17) is 21.1 Å². The zero-order valence-electron chi connectivity index (χ0n) is 15.6. The maximum absolute atomic E-state index is 14.0. The molecule has 2 heterocycles. The molecule has 0 aromatic heterocycles. The standard InChI is InChI=1S/C19H14BClF5NO3/c1-17(2)11-5-9(3-4-12(11)20(28)29-17)15-8-18(30-27-15,19(24,25)26)10-6-13(22)16(21)14(23)7-10/h3-7,28H,8H2,1-2H3. The third-order valence-electron chi connectivity index (χ3n) is 5.34. The third-order valence-corrected chi connectivity index (χ3v) is 5.70. The second-order valence-corrected chi connectivity index (χ2v) is 8.05. The second-order valence-electron chi connectivity index (χ2n) is 7.67. The van der Waals surface area contributed by atoms with E-state index in [1.807, 2.05) is 0 Å².